The molecule has 0 unspecified atom stereocenters. The van der Waals surface area contributed by atoms with Gasteiger partial charge in [-0.05, 0) is 24.3 Å². The van der Waals surface area contributed by atoms with E-state index in [1.54, 1.807) is 28.7 Å². The van der Waals surface area contributed by atoms with E-state index >= 15 is 0 Å². The van der Waals surface area contributed by atoms with Gasteiger partial charge in [-0.1, -0.05) is 6.07 Å². The van der Waals surface area contributed by atoms with E-state index in [9.17, 15) is 9.59 Å². The molecule has 5 rings (SSSR count). The highest BCUT2D eigenvalue weighted by Gasteiger charge is 2.15. The molecule has 31 heavy (non-hydrogen) atoms. The molecule has 1 aromatic carbocycles. The number of aromatic amines is 2. The van der Waals surface area contributed by atoms with Gasteiger partial charge in [-0.25, -0.2) is 4.79 Å². The zero-order chi connectivity index (χ0) is 21.5. The van der Waals surface area contributed by atoms with E-state index in [1.165, 1.54) is 0 Å². The highest BCUT2D eigenvalue weighted by atomic mass is 16.5. The summed E-state index contributed by atoms with van der Waals surface area (Å²) in [4.78, 5) is 30.7. The number of aromatic nitrogens is 7. The Morgan fingerprint density at radius 2 is 2.10 bits per heavy atom. The van der Waals surface area contributed by atoms with Crippen molar-refractivity contribution in [1.29, 1.82) is 0 Å². The summed E-state index contributed by atoms with van der Waals surface area (Å²) in [7, 11) is 3.61. The third kappa shape index (κ3) is 3.52. The fourth-order valence-electron chi connectivity index (χ4n) is 3.44. The molecular weight excluding hydrogens is 400 g/mol. The number of fused-ring (bicyclic) bond motifs is 1. The van der Waals surface area contributed by atoms with Crippen LogP contribution < -0.4 is 11.0 Å². The predicted octanol–water partition coefficient (Wildman–Crippen LogP) is 1.58. The van der Waals surface area contributed by atoms with E-state index in [4.69, 9.17) is 4.52 Å². The zero-order valence-electron chi connectivity index (χ0n) is 16.7. The molecule has 0 bridgehead atoms. The van der Waals surface area contributed by atoms with Crippen LogP contribution in [-0.2, 0) is 20.6 Å². The molecule has 0 radical (unpaired) electrons. The summed E-state index contributed by atoms with van der Waals surface area (Å²) in [6.45, 7) is 0.375. The number of H-pyrrole nitrogens is 2. The van der Waals surface area contributed by atoms with Gasteiger partial charge in [0.25, 0.3) is 11.8 Å². The molecule has 0 saturated heterocycles. The van der Waals surface area contributed by atoms with Crippen molar-refractivity contribution in [2.24, 2.45) is 14.1 Å². The lowest BCUT2D eigenvalue weighted by atomic mass is 10.1. The first-order valence-corrected chi connectivity index (χ1v) is 9.45. The Hall–Kier alpha value is -4.41. The lowest BCUT2D eigenvalue weighted by Gasteiger charge is -2.01. The van der Waals surface area contributed by atoms with Gasteiger partial charge in [0, 0.05) is 48.9 Å². The molecule has 0 aliphatic rings. The van der Waals surface area contributed by atoms with E-state index < -0.39 is 5.69 Å². The van der Waals surface area contributed by atoms with Crippen molar-refractivity contribution in [2.45, 2.75) is 6.54 Å². The second-order valence-corrected chi connectivity index (χ2v) is 7.15. The van der Waals surface area contributed by atoms with Crippen LogP contribution in [0.4, 0.5) is 0 Å². The van der Waals surface area contributed by atoms with Gasteiger partial charge >= 0.3 is 5.69 Å². The quantitative estimate of drug-likeness (QED) is 0.396. The van der Waals surface area contributed by atoms with Crippen molar-refractivity contribution in [1.82, 2.24) is 40.0 Å². The van der Waals surface area contributed by atoms with Crippen LogP contribution in [0.25, 0.3) is 33.7 Å². The standard InChI is InChI=1S/C20H18N8O3/c1-27-10-11(9-22-27)8-21-18(29)15-7-17(28(2)25-15)12-3-4-14-13(5-12)6-16(23-14)19-24-20(30)26-31-19/h3-7,9-10,23H,8H2,1-2H3,(H,21,29)(H,26,30). The van der Waals surface area contributed by atoms with Crippen LogP contribution in [0.2, 0.25) is 0 Å². The number of hydrogen-bond acceptors (Lipinski definition) is 6. The van der Waals surface area contributed by atoms with Crippen molar-refractivity contribution in [2.75, 3.05) is 0 Å². The number of carbonyl (C=O) groups excluding carboxylic acids is 1. The first-order chi connectivity index (χ1) is 15.0. The second kappa shape index (κ2) is 7.13. The van der Waals surface area contributed by atoms with Gasteiger partial charge in [0.2, 0.25) is 0 Å². The molecule has 5 aromatic rings. The Balaban J connectivity index is 1.40. The summed E-state index contributed by atoms with van der Waals surface area (Å²) in [5, 5.41) is 14.4. The van der Waals surface area contributed by atoms with Crippen molar-refractivity contribution >= 4 is 16.8 Å². The van der Waals surface area contributed by atoms with Gasteiger partial charge in [-0.15, -0.1) is 0 Å². The van der Waals surface area contributed by atoms with E-state index in [0.717, 1.165) is 27.7 Å². The molecule has 11 nitrogen and oxygen atoms in total. The van der Waals surface area contributed by atoms with Crippen molar-refractivity contribution in [3.8, 4) is 22.8 Å². The number of aryl methyl sites for hydroxylation is 2. The maximum absolute atomic E-state index is 12.5. The third-order valence-corrected chi connectivity index (χ3v) is 4.91. The molecule has 0 saturated carbocycles. The van der Waals surface area contributed by atoms with Crippen molar-refractivity contribution < 1.29 is 9.32 Å². The van der Waals surface area contributed by atoms with Gasteiger partial charge in [-0.3, -0.25) is 14.2 Å². The Morgan fingerprint density at radius 1 is 1.23 bits per heavy atom. The fraction of sp³-hybridized carbons (Fsp3) is 0.150. The Morgan fingerprint density at radius 3 is 2.84 bits per heavy atom. The molecule has 1 amide bonds. The smallest absolute Gasteiger partial charge is 0.355 e. The largest absolute Gasteiger partial charge is 0.377 e. The summed E-state index contributed by atoms with van der Waals surface area (Å²) in [5.74, 6) is -0.0693. The van der Waals surface area contributed by atoms with Crippen LogP contribution in [-0.4, -0.2) is 40.6 Å². The summed E-state index contributed by atoms with van der Waals surface area (Å²) in [6, 6.07) is 9.40. The summed E-state index contributed by atoms with van der Waals surface area (Å²) in [6.07, 6.45) is 3.55. The zero-order valence-corrected chi connectivity index (χ0v) is 16.7. The van der Waals surface area contributed by atoms with Crippen LogP contribution in [0.5, 0.6) is 0 Å². The van der Waals surface area contributed by atoms with E-state index in [2.05, 4.69) is 30.6 Å². The minimum absolute atomic E-state index is 0.191. The number of hydrogen-bond donors (Lipinski definition) is 3. The highest BCUT2D eigenvalue weighted by molar-refractivity contribution is 5.94. The normalized spacial score (nSPS) is 11.3. The van der Waals surface area contributed by atoms with Gasteiger partial charge < -0.3 is 14.8 Å². The minimum Gasteiger partial charge on any atom is -0.355 e. The Labute approximate surface area is 174 Å². The second-order valence-electron chi connectivity index (χ2n) is 7.15. The number of nitrogens with one attached hydrogen (secondary N) is 3. The van der Waals surface area contributed by atoms with Crippen molar-refractivity contribution in [3.05, 3.63) is 64.5 Å². The molecule has 4 aromatic heterocycles. The molecule has 0 atom stereocenters. The molecule has 11 heteroatoms. The number of carbonyl (C=O) groups is 1. The topological polar surface area (TPSA) is 139 Å². The van der Waals surface area contributed by atoms with Crippen molar-refractivity contribution in [3.63, 3.8) is 0 Å². The van der Waals surface area contributed by atoms with E-state index in [1.807, 2.05) is 37.5 Å². The average Bonchev–Trinajstić information content (AvgIpc) is 3.52. The monoisotopic (exact) mass is 418 g/mol. The van der Waals surface area contributed by atoms with Gasteiger partial charge in [0.1, 0.15) is 5.69 Å². The first-order valence-electron chi connectivity index (χ1n) is 9.45. The Bertz CT molecular complexity index is 1460. The number of nitrogens with zero attached hydrogens (tertiary/aromatic N) is 5. The lowest BCUT2D eigenvalue weighted by molar-refractivity contribution is 0.0945. The molecule has 3 N–H and O–H groups in total. The molecule has 156 valence electrons. The lowest BCUT2D eigenvalue weighted by Crippen LogP contribution is -2.23. The van der Waals surface area contributed by atoms with Crippen LogP contribution in [0.15, 0.2) is 52.0 Å². The highest BCUT2D eigenvalue weighted by Crippen LogP contribution is 2.27. The summed E-state index contributed by atoms with van der Waals surface area (Å²) < 4.78 is 8.41. The van der Waals surface area contributed by atoms with Crippen LogP contribution in [0.3, 0.4) is 0 Å². The number of benzene rings is 1. The number of rotatable bonds is 5. The van der Waals surface area contributed by atoms with E-state index in [0.29, 0.717) is 17.9 Å². The molecular formula is C20H18N8O3. The van der Waals surface area contributed by atoms with Gasteiger partial charge in [0.05, 0.1) is 11.9 Å². The first kappa shape index (κ1) is 18.6. The third-order valence-electron chi connectivity index (χ3n) is 4.91. The molecule has 0 spiro atoms. The summed E-state index contributed by atoms with van der Waals surface area (Å²) in [5.41, 5.74) is 3.83. The maximum atomic E-state index is 12.5. The summed E-state index contributed by atoms with van der Waals surface area (Å²) >= 11 is 0. The molecule has 0 fully saturated rings. The van der Waals surface area contributed by atoms with Crippen LogP contribution in [0.1, 0.15) is 16.1 Å². The van der Waals surface area contributed by atoms with E-state index in [-0.39, 0.29) is 11.8 Å². The molecule has 0 aliphatic heterocycles. The SMILES string of the molecule is Cn1cc(CNC(=O)c2cc(-c3ccc4[nH]c(-c5nc(=O)[nH]o5)cc4c3)n(C)n2)cn1. The minimum atomic E-state index is -0.543. The molecule has 4 heterocycles. The fourth-order valence-corrected chi connectivity index (χ4v) is 3.44. The number of amides is 1. The average molecular weight is 418 g/mol. The Kier molecular flexibility index (Phi) is 4.28. The maximum Gasteiger partial charge on any atom is 0.377 e. The molecule has 0 aliphatic carbocycles. The predicted molar refractivity (Wildman–Crippen MR) is 111 cm³/mol. The van der Waals surface area contributed by atoms with Gasteiger partial charge in [0.15, 0.2) is 5.69 Å². The van der Waals surface area contributed by atoms with Gasteiger partial charge in [-0.2, -0.15) is 20.3 Å². The van der Waals surface area contributed by atoms with Crippen LogP contribution >= 0.6 is 0 Å². The van der Waals surface area contributed by atoms with Crippen LogP contribution in [0, 0.1) is 0 Å².